The van der Waals surface area contributed by atoms with Gasteiger partial charge >= 0.3 is 0 Å². The van der Waals surface area contributed by atoms with Gasteiger partial charge in [-0.25, -0.2) is 4.98 Å². The van der Waals surface area contributed by atoms with E-state index < -0.39 is 0 Å². The molecule has 2 N–H and O–H groups in total. The van der Waals surface area contributed by atoms with Crippen molar-refractivity contribution in [3.63, 3.8) is 0 Å². The van der Waals surface area contributed by atoms with Crippen molar-refractivity contribution >= 4 is 11.3 Å². The first-order valence-electron chi connectivity index (χ1n) is 5.11. The second-order valence-electron chi connectivity index (χ2n) is 3.97. The minimum Gasteiger partial charge on any atom is -0.330 e. The standard InChI is InChI=1S/C10H17N3S/c1-8-12-5-10(14-8)7-13-3-2-9(4-11)6-13/h5,9H,2-4,6-7,11H2,1H3. The maximum Gasteiger partial charge on any atom is 0.0897 e. The molecule has 3 nitrogen and oxygen atoms in total. The van der Waals surface area contributed by atoms with Gasteiger partial charge in [-0.1, -0.05) is 0 Å². The van der Waals surface area contributed by atoms with E-state index in [0.29, 0.717) is 5.92 Å². The van der Waals surface area contributed by atoms with Crippen LogP contribution in [0.5, 0.6) is 0 Å². The summed E-state index contributed by atoms with van der Waals surface area (Å²) in [5, 5.41) is 1.16. The van der Waals surface area contributed by atoms with Crippen LogP contribution in [0.1, 0.15) is 16.3 Å². The second-order valence-corrected chi connectivity index (χ2v) is 5.29. The van der Waals surface area contributed by atoms with Crippen LogP contribution >= 0.6 is 11.3 Å². The van der Waals surface area contributed by atoms with Gasteiger partial charge < -0.3 is 5.73 Å². The summed E-state index contributed by atoms with van der Waals surface area (Å²) in [6, 6.07) is 0. The summed E-state index contributed by atoms with van der Waals surface area (Å²) in [5.74, 6) is 0.712. The highest BCUT2D eigenvalue weighted by Gasteiger charge is 2.21. The van der Waals surface area contributed by atoms with Crippen LogP contribution in [0.3, 0.4) is 0 Å². The van der Waals surface area contributed by atoms with E-state index in [9.17, 15) is 0 Å². The van der Waals surface area contributed by atoms with Crippen molar-refractivity contribution in [1.82, 2.24) is 9.88 Å². The number of nitrogens with two attached hydrogens (primary N) is 1. The van der Waals surface area contributed by atoms with Gasteiger partial charge in [0.1, 0.15) is 0 Å². The lowest BCUT2D eigenvalue weighted by Gasteiger charge is -2.13. The number of aryl methyl sites for hydroxylation is 1. The number of nitrogens with zero attached hydrogens (tertiary/aromatic N) is 2. The summed E-state index contributed by atoms with van der Waals surface area (Å²) >= 11 is 1.80. The fraction of sp³-hybridized carbons (Fsp3) is 0.700. The Balaban J connectivity index is 1.87. The smallest absolute Gasteiger partial charge is 0.0897 e. The van der Waals surface area contributed by atoms with Gasteiger partial charge in [-0.3, -0.25) is 4.90 Å². The zero-order valence-electron chi connectivity index (χ0n) is 8.57. The Morgan fingerprint density at radius 3 is 3.14 bits per heavy atom. The van der Waals surface area contributed by atoms with Crippen LogP contribution in [-0.2, 0) is 6.54 Å². The highest BCUT2D eigenvalue weighted by molar-refractivity contribution is 7.11. The van der Waals surface area contributed by atoms with Crippen LogP contribution in [0.25, 0.3) is 0 Å². The Labute approximate surface area is 88.9 Å². The molecule has 1 saturated heterocycles. The predicted octanol–water partition coefficient (Wildman–Crippen LogP) is 1.23. The van der Waals surface area contributed by atoms with Crippen molar-refractivity contribution in [1.29, 1.82) is 0 Å². The number of thiazole rings is 1. The third-order valence-electron chi connectivity index (χ3n) is 2.75. The highest BCUT2D eigenvalue weighted by Crippen LogP contribution is 2.20. The third-order valence-corrected chi connectivity index (χ3v) is 3.65. The molecule has 78 valence electrons. The average Bonchev–Trinajstić information content (AvgIpc) is 2.76. The fourth-order valence-corrected chi connectivity index (χ4v) is 2.79. The lowest BCUT2D eigenvalue weighted by atomic mass is 10.1. The Morgan fingerprint density at radius 1 is 1.71 bits per heavy atom. The molecule has 0 spiro atoms. The van der Waals surface area contributed by atoms with Crippen LogP contribution < -0.4 is 5.73 Å². The van der Waals surface area contributed by atoms with E-state index in [1.165, 1.54) is 17.8 Å². The van der Waals surface area contributed by atoms with Crippen molar-refractivity contribution in [3.05, 3.63) is 16.1 Å². The van der Waals surface area contributed by atoms with Gasteiger partial charge in [-0.05, 0) is 32.4 Å². The number of aromatic nitrogens is 1. The Kier molecular flexibility index (Phi) is 3.15. The van der Waals surface area contributed by atoms with Crippen molar-refractivity contribution in [3.8, 4) is 0 Å². The first kappa shape index (κ1) is 10.1. The lowest BCUT2D eigenvalue weighted by molar-refractivity contribution is 0.320. The van der Waals surface area contributed by atoms with E-state index in [1.807, 2.05) is 6.20 Å². The maximum absolute atomic E-state index is 5.66. The van der Waals surface area contributed by atoms with Gasteiger partial charge in [0.05, 0.1) is 5.01 Å². The molecule has 0 saturated carbocycles. The van der Waals surface area contributed by atoms with Gasteiger partial charge in [-0.2, -0.15) is 0 Å². The molecular formula is C10H17N3S. The highest BCUT2D eigenvalue weighted by atomic mass is 32.1. The molecular weight excluding hydrogens is 194 g/mol. The molecule has 1 aromatic rings. The van der Waals surface area contributed by atoms with Crippen LogP contribution in [0.4, 0.5) is 0 Å². The maximum atomic E-state index is 5.66. The Morgan fingerprint density at radius 2 is 2.57 bits per heavy atom. The summed E-state index contributed by atoms with van der Waals surface area (Å²) in [5.41, 5.74) is 5.66. The molecule has 0 bridgehead atoms. The van der Waals surface area contributed by atoms with E-state index in [4.69, 9.17) is 5.73 Å². The van der Waals surface area contributed by atoms with E-state index in [2.05, 4.69) is 16.8 Å². The van der Waals surface area contributed by atoms with E-state index in [1.54, 1.807) is 11.3 Å². The van der Waals surface area contributed by atoms with Gasteiger partial charge in [0, 0.05) is 24.2 Å². The SMILES string of the molecule is Cc1ncc(CN2CCC(CN)C2)s1. The molecule has 1 unspecified atom stereocenters. The molecule has 1 atom stereocenters. The summed E-state index contributed by atoms with van der Waals surface area (Å²) in [7, 11) is 0. The van der Waals surface area contributed by atoms with Crippen molar-refractivity contribution in [2.75, 3.05) is 19.6 Å². The zero-order chi connectivity index (χ0) is 9.97. The number of rotatable bonds is 3. The molecule has 1 fully saturated rings. The van der Waals surface area contributed by atoms with Crippen molar-refractivity contribution in [2.24, 2.45) is 11.7 Å². The van der Waals surface area contributed by atoms with Gasteiger partial charge in [0.15, 0.2) is 0 Å². The molecule has 0 amide bonds. The van der Waals surface area contributed by atoms with Crippen LogP contribution in [0.15, 0.2) is 6.20 Å². The van der Waals surface area contributed by atoms with Crippen LogP contribution in [-0.4, -0.2) is 29.5 Å². The van der Waals surface area contributed by atoms with E-state index >= 15 is 0 Å². The number of hydrogen-bond donors (Lipinski definition) is 1. The van der Waals surface area contributed by atoms with E-state index in [0.717, 1.165) is 24.6 Å². The zero-order valence-corrected chi connectivity index (χ0v) is 9.39. The van der Waals surface area contributed by atoms with Gasteiger partial charge in [0.2, 0.25) is 0 Å². The fourth-order valence-electron chi connectivity index (χ4n) is 1.95. The molecule has 2 rings (SSSR count). The molecule has 0 radical (unpaired) electrons. The van der Waals surface area contributed by atoms with Crippen LogP contribution in [0, 0.1) is 12.8 Å². The molecule has 14 heavy (non-hydrogen) atoms. The Hall–Kier alpha value is -0.450. The summed E-state index contributed by atoms with van der Waals surface area (Å²) in [6.45, 7) is 6.30. The summed E-state index contributed by atoms with van der Waals surface area (Å²) in [4.78, 5) is 8.12. The largest absolute Gasteiger partial charge is 0.330 e. The number of hydrogen-bond acceptors (Lipinski definition) is 4. The average molecular weight is 211 g/mol. The van der Waals surface area contributed by atoms with Crippen LogP contribution in [0.2, 0.25) is 0 Å². The minimum atomic E-state index is 0.712. The molecule has 1 aliphatic heterocycles. The molecule has 0 aliphatic carbocycles. The minimum absolute atomic E-state index is 0.712. The quantitative estimate of drug-likeness (QED) is 0.817. The van der Waals surface area contributed by atoms with E-state index in [-0.39, 0.29) is 0 Å². The molecule has 1 aliphatic rings. The first-order chi connectivity index (χ1) is 6.78. The molecule has 4 heteroatoms. The van der Waals surface area contributed by atoms with Crippen molar-refractivity contribution in [2.45, 2.75) is 19.9 Å². The van der Waals surface area contributed by atoms with Crippen molar-refractivity contribution < 1.29 is 0 Å². The molecule has 1 aromatic heterocycles. The lowest BCUT2D eigenvalue weighted by Crippen LogP contribution is -2.22. The molecule has 0 aromatic carbocycles. The Bertz CT molecular complexity index is 297. The topological polar surface area (TPSA) is 42.2 Å². The normalized spacial score (nSPS) is 23.1. The third kappa shape index (κ3) is 2.32. The summed E-state index contributed by atoms with van der Waals surface area (Å²) in [6.07, 6.45) is 3.25. The van der Waals surface area contributed by atoms with Gasteiger partial charge in [0.25, 0.3) is 0 Å². The number of likely N-dealkylation sites (tertiary alicyclic amines) is 1. The van der Waals surface area contributed by atoms with Gasteiger partial charge in [-0.15, -0.1) is 11.3 Å². The molecule has 2 heterocycles. The second kappa shape index (κ2) is 4.38. The monoisotopic (exact) mass is 211 g/mol. The first-order valence-corrected chi connectivity index (χ1v) is 5.93. The summed E-state index contributed by atoms with van der Waals surface area (Å²) < 4.78 is 0. The predicted molar refractivity (Wildman–Crippen MR) is 59.3 cm³/mol.